The van der Waals surface area contributed by atoms with Crippen LogP contribution in [0.4, 0.5) is 0 Å². The third-order valence-electron chi connectivity index (χ3n) is 5.13. The molecule has 0 aliphatic heterocycles. The number of halogens is 3. The molecule has 0 spiro atoms. The van der Waals surface area contributed by atoms with Gasteiger partial charge in [-0.2, -0.15) is 0 Å². The van der Waals surface area contributed by atoms with Gasteiger partial charge in [0, 0.05) is 16.1 Å². The Morgan fingerprint density at radius 2 is 1.66 bits per heavy atom. The second kappa shape index (κ2) is 11.6. The van der Waals surface area contributed by atoms with Gasteiger partial charge < -0.3 is 19.1 Å². The molecule has 0 aliphatic carbocycles. The molecule has 3 aromatic carbocycles. The highest BCUT2D eigenvalue weighted by atomic mass is 35.5. The second-order valence-corrected chi connectivity index (χ2v) is 8.89. The smallest absolute Gasteiger partial charge is 0.307 e. The van der Waals surface area contributed by atoms with Crippen LogP contribution in [0.15, 0.2) is 71.4 Å². The topological polar surface area (TPSA) is 81.8 Å². The molecule has 180 valence electrons. The van der Waals surface area contributed by atoms with E-state index in [1.54, 1.807) is 42.7 Å². The van der Waals surface area contributed by atoms with Gasteiger partial charge in [0.15, 0.2) is 0 Å². The summed E-state index contributed by atoms with van der Waals surface area (Å²) in [5.41, 5.74) is 4.53. The lowest BCUT2D eigenvalue weighted by atomic mass is 9.99. The van der Waals surface area contributed by atoms with E-state index in [0.717, 1.165) is 16.7 Å². The van der Waals surface area contributed by atoms with E-state index < -0.39 is 5.97 Å². The minimum absolute atomic E-state index is 0.101. The van der Waals surface area contributed by atoms with Crippen molar-refractivity contribution in [1.29, 1.82) is 0 Å². The fraction of sp³-hybridized carbons (Fsp3) is 0.154. The van der Waals surface area contributed by atoms with E-state index in [9.17, 15) is 4.79 Å². The summed E-state index contributed by atoms with van der Waals surface area (Å²) in [4.78, 5) is 10.9. The first-order chi connectivity index (χ1) is 16.9. The summed E-state index contributed by atoms with van der Waals surface area (Å²) in [5, 5.41) is 14.5. The molecule has 9 heteroatoms. The standard InChI is InChI=1S/C26H20Cl3NO5/c27-19-6-8-24(23(29)13-19)34-10-9-33-14-16-1-4-18(5-2-16)21-15-35-30-26(21)20-7-3-17(11-22(20)28)12-25(31)32/h1-8,11,13,15H,9-10,12,14H2,(H,31,32). The number of hydrogen-bond donors (Lipinski definition) is 1. The minimum atomic E-state index is -0.918. The molecular weight excluding hydrogens is 513 g/mol. The fourth-order valence-corrected chi connectivity index (χ4v) is 4.20. The molecule has 1 heterocycles. The molecular formula is C26H20Cl3NO5. The maximum absolute atomic E-state index is 10.9. The third kappa shape index (κ3) is 6.55. The summed E-state index contributed by atoms with van der Waals surface area (Å²) in [7, 11) is 0. The van der Waals surface area contributed by atoms with Crippen molar-refractivity contribution in [2.75, 3.05) is 13.2 Å². The van der Waals surface area contributed by atoms with Crippen LogP contribution in [0.1, 0.15) is 11.1 Å². The summed E-state index contributed by atoms with van der Waals surface area (Å²) in [5.74, 6) is -0.358. The van der Waals surface area contributed by atoms with E-state index in [-0.39, 0.29) is 6.42 Å². The molecule has 0 saturated heterocycles. The van der Waals surface area contributed by atoms with Gasteiger partial charge in [0.05, 0.1) is 29.7 Å². The van der Waals surface area contributed by atoms with Gasteiger partial charge in [0.2, 0.25) is 0 Å². The van der Waals surface area contributed by atoms with Gasteiger partial charge >= 0.3 is 5.97 Å². The quantitative estimate of drug-likeness (QED) is 0.218. The summed E-state index contributed by atoms with van der Waals surface area (Å²) in [6.45, 7) is 1.17. The van der Waals surface area contributed by atoms with Crippen molar-refractivity contribution in [3.8, 4) is 28.1 Å². The third-order valence-corrected chi connectivity index (χ3v) is 5.97. The molecule has 4 rings (SSSR count). The summed E-state index contributed by atoms with van der Waals surface area (Å²) >= 11 is 18.4. The normalized spacial score (nSPS) is 10.9. The van der Waals surface area contributed by atoms with E-state index in [0.29, 0.717) is 57.5 Å². The van der Waals surface area contributed by atoms with Crippen LogP contribution >= 0.6 is 34.8 Å². The van der Waals surface area contributed by atoms with Crippen LogP contribution in [0, 0.1) is 0 Å². The van der Waals surface area contributed by atoms with Crippen molar-refractivity contribution in [1.82, 2.24) is 5.16 Å². The first-order valence-corrected chi connectivity index (χ1v) is 11.7. The molecule has 6 nitrogen and oxygen atoms in total. The largest absolute Gasteiger partial charge is 0.490 e. The zero-order valence-electron chi connectivity index (χ0n) is 18.3. The molecule has 0 atom stereocenters. The van der Waals surface area contributed by atoms with Gasteiger partial charge in [0.25, 0.3) is 0 Å². The van der Waals surface area contributed by atoms with Gasteiger partial charge in [-0.15, -0.1) is 0 Å². The monoisotopic (exact) mass is 531 g/mol. The van der Waals surface area contributed by atoms with E-state index >= 15 is 0 Å². The van der Waals surface area contributed by atoms with Crippen LogP contribution in [-0.4, -0.2) is 29.4 Å². The zero-order valence-corrected chi connectivity index (χ0v) is 20.6. The predicted molar refractivity (Wildman–Crippen MR) is 135 cm³/mol. The highest BCUT2D eigenvalue weighted by Crippen LogP contribution is 2.35. The average Bonchev–Trinajstić information content (AvgIpc) is 3.30. The molecule has 0 amide bonds. The molecule has 0 unspecified atom stereocenters. The van der Waals surface area contributed by atoms with E-state index in [4.69, 9.17) is 53.9 Å². The summed E-state index contributed by atoms with van der Waals surface area (Å²) < 4.78 is 16.5. The lowest BCUT2D eigenvalue weighted by Crippen LogP contribution is -2.07. The number of carboxylic acids is 1. The molecule has 4 aromatic rings. The molecule has 0 bridgehead atoms. The van der Waals surface area contributed by atoms with Crippen LogP contribution < -0.4 is 4.74 Å². The van der Waals surface area contributed by atoms with Crippen LogP contribution in [0.2, 0.25) is 15.1 Å². The highest BCUT2D eigenvalue weighted by Gasteiger charge is 2.16. The van der Waals surface area contributed by atoms with Crippen molar-refractivity contribution in [3.63, 3.8) is 0 Å². The van der Waals surface area contributed by atoms with E-state index in [1.165, 1.54) is 0 Å². The van der Waals surface area contributed by atoms with Gasteiger partial charge in [-0.3, -0.25) is 4.79 Å². The van der Waals surface area contributed by atoms with Gasteiger partial charge in [-0.05, 0) is 41.0 Å². The number of hydrogen-bond acceptors (Lipinski definition) is 5. The number of rotatable bonds is 10. The number of aromatic nitrogens is 1. The lowest BCUT2D eigenvalue weighted by Gasteiger charge is -2.09. The Kier molecular flexibility index (Phi) is 8.31. The summed E-state index contributed by atoms with van der Waals surface area (Å²) in [6, 6.07) is 18.0. The Balaban J connectivity index is 1.35. The van der Waals surface area contributed by atoms with Crippen molar-refractivity contribution in [2.45, 2.75) is 13.0 Å². The van der Waals surface area contributed by atoms with Crippen molar-refractivity contribution in [2.24, 2.45) is 0 Å². The number of carboxylic acid groups (broad SMARTS) is 1. The first-order valence-electron chi connectivity index (χ1n) is 10.6. The first kappa shape index (κ1) is 25.1. The Labute approximate surface area is 216 Å². The molecule has 1 N–H and O–H groups in total. The predicted octanol–water partition coefficient (Wildman–Crippen LogP) is 7.19. The van der Waals surface area contributed by atoms with Crippen molar-refractivity contribution in [3.05, 3.63) is 93.1 Å². The lowest BCUT2D eigenvalue weighted by molar-refractivity contribution is -0.136. The Hall–Kier alpha value is -3.03. The van der Waals surface area contributed by atoms with Crippen LogP contribution in [0.3, 0.4) is 0 Å². The Bertz CT molecular complexity index is 1320. The molecule has 0 saturated carbocycles. The molecule has 0 radical (unpaired) electrons. The van der Waals surface area contributed by atoms with Gasteiger partial charge in [-0.1, -0.05) is 76.4 Å². The minimum Gasteiger partial charge on any atom is -0.490 e. The average molecular weight is 533 g/mol. The molecule has 0 aliphatic rings. The fourth-order valence-electron chi connectivity index (χ4n) is 3.44. The molecule has 1 aromatic heterocycles. The Morgan fingerprint density at radius 3 is 2.37 bits per heavy atom. The molecule has 0 fully saturated rings. The second-order valence-electron chi connectivity index (χ2n) is 7.63. The maximum Gasteiger partial charge on any atom is 0.307 e. The van der Waals surface area contributed by atoms with E-state index in [2.05, 4.69) is 5.16 Å². The highest BCUT2D eigenvalue weighted by molar-refractivity contribution is 6.35. The van der Waals surface area contributed by atoms with E-state index in [1.807, 2.05) is 24.3 Å². The van der Waals surface area contributed by atoms with Crippen LogP contribution in [0.25, 0.3) is 22.4 Å². The van der Waals surface area contributed by atoms with Crippen molar-refractivity contribution < 1.29 is 23.9 Å². The Morgan fingerprint density at radius 1 is 0.886 bits per heavy atom. The SMILES string of the molecule is O=C(O)Cc1ccc(-c2nocc2-c2ccc(COCCOc3ccc(Cl)cc3Cl)cc2)c(Cl)c1. The zero-order chi connectivity index (χ0) is 24.8. The van der Waals surface area contributed by atoms with Crippen LogP contribution in [0.5, 0.6) is 5.75 Å². The summed E-state index contributed by atoms with van der Waals surface area (Å²) in [6.07, 6.45) is 1.46. The van der Waals surface area contributed by atoms with Gasteiger partial charge in [0.1, 0.15) is 24.3 Å². The molecule has 35 heavy (non-hydrogen) atoms. The number of ether oxygens (including phenoxy) is 2. The van der Waals surface area contributed by atoms with Gasteiger partial charge in [-0.25, -0.2) is 0 Å². The van der Waals surface area contributed by atoms with Crippen molar-refractivity contribution >= 4 is 40.8 Å². The number of carbonyl (C=O) groups is 1. The number of nitrogens with zero attached hydrogens (tertiary/aromatic N) is 1. The number of benzene rings is 3. The number of aliphatic carboxylic acids is 1. The maximum atomic E-state index is 10.9. The van der Waals surface area contributed by atoms with Crippen LogP contribution in [-0.2, 0) is 22.6 Å².